The summed E-state index contributed by atoms with van der Waals surface area (Å²) in [5.41, 5.74) is 0.540. The summed E-state index contributed by atoms with van der Waals surface area (Å²) in [5.74, 6) is 0. The molecule has 1 N–H and O–H groups in total. The first-order valence-corrected chi connectivity index (χ1v) is 6.69. The second-order valence-electron chi connectivity index (χ2n) is 6.03. The molecule has 0 aromatic heterocycles. The Labute approximate surface area is 99.5 Å². The minimum absolute atomic E-state index is 0.540. The average Bonchev–Trinajstić information content (AvgIpc) is 2.60. The van der Waals surface area contributed by atoms with Crippen LogP contribution in [0.2, 0.25) is 0 Å². The van der Waals surface area contributed by atoms with E-state index >= 15 is 0 Å². The Morgan fingerprint density at radius 2 is 2.06 bits per heavy atom. The molecule has 3 heteroatoms. The van der Waals surface area contributed by atoms with Gasteiger partial charge in [0.05, 0.1) is 0 Å². The van der Waals surface area contributed by atoms with Crippen LogP contribution in [0.15, 0.2) is 0 Å². The molecule has 2 fully saturated rings. The number of hydrogen-bond acceptors (Lipinski definition) is 3. The van der Waals surface area contributed by atoms with Crippen molar-refractivity contribution in [3.8, 4) is 0 Å². The van der Waals surface area contributed by atoms with Crippen LogP contribution in [0.25, 0.3) is 0 Å². The van der Waals surface area contributed by atoms with E-state index in [2.05, 4.69) is 24.1 Å². The molecule has 2 rings (SSSR count). The van der Waals surface area contributed by atoms with E-state index in [1.54, 1.807) is 0 Å². The maximum Gasteiger partial charge on any atom is 0.0480 e. The molecule has 2 aliphatic heterocycles. The molecule has 94 valence electrons. The first kappa shape index (κ1) is 12.3. The molecule has 2 heterocycles. The standard InChI is InChI=1S/C13H26N2O/c1-13(2)5-7-15(11-13)8-6-14-12-3-9-16-10-4-12/h12,14H,3-11H2,1-2H3. The van der Waals surface area contributed by atoms with E-state index in [9.17, 15) is 0 Å². The van der Waals surface area contributed by atoms with Crippen LogP contribution in [0.4, 0.5) is 0 Å². The van der Waals surface area contributed by atoms with E-state index in [0.29, 0.717) is 11.5 Å². The van der Waals surface area contributed by atoms with Crippen LogP contribution in [0, 0.1) is 5.41 Å². The zero-order valence-corrected chi connectivity index (χ0v) is 10.8. The number of rotatable bonds is 4. The lowest BCUT2D eigenvalue weighted by Gasteiger charge is -2.25. The lowest BCUT2D eigenvalue weighted by molar-refractivity contribution is 0.0774. The van der Waals surface area contributed by atoms with Gasteiger partial charge in [0.25, 0.3) is 0 Å². The van der Waals surface area contributed by atoms with Gasteiger partial charge in [-0.1, -0.05) is 13.8 Å². The summed E-state index contributed by atoms with van der Waals surface area (Å²) < 4.78 is 5.36. The summed E-state index contributed by atoms with van der Waals surface area (Å²) in [5, 5.41) is 3.65. The smallest absolute Gasteiger partial charge is 0.0480 e. The van der Waals surface area contributed by atoms with Gasteiger partial charge in [0.1, 0.15) is 0 Å². The van der Waals surface area contributed by atoms with Crippen LogP contribution >= 0.6 is 0 Å². The van der Waals surface area contributed by atoms with Crippen molar-refractivity contribution in [2.45, 2.75) is 39.2 Å². The molecule has 2 saturated heterocycles. The van der Waals surface area contributed by atoms with E-state index in [-0.39, 0.29) is 0 Å². The molecule has 0 spiro atoms. The molecule has 0 aromatic carbocycles. The predicted octanol–water partition coefficient (Wildman–Crippen LogP) is 1.49. The zero-order chi connectivity index (χ0) is 11.4. The SMILES string of the molecule is CC1(C)CCN(CCNC2CCOCC2)C1. The van der Waals surface area contributed by atoms with Gasteiger partial charge in [0.15, 0.2) is 0 Å². The first-order chi connectivity index (χ1) is 7.66. The molecule has 3 nitrogen and oxygen atoms in total. The Morgan fingerprint density at radius 1 is 1.31 bits per heavy atom. The van der Waals surface area contributed by atoms with E-state index in [1.165, 1.54) is 38.9 Å². The predicted molar refractivity (Wildman–Crippen MR) is 66.7 cm³/mol. The van der Waals surface area contributed by atoms with Crippen molar-refractivity contribution in [3.63, 3.8) is 0 Å². The highest BCUT2D eigenvalue weighted by molar-refractivity contribution is 4.83. The van der Waals surface area contributed by atoms with Crippen LogP contribution in [0.3, 0.4) is 0 Å². The normalized spacial score (nSPS) is 27.4. The number of likely N-dealkylation sites (tertiary alicyclic amines) is 1. The Morgan fingerprint density at radius 3 is 2.69 bits per heavy atom. The molecular weight excluding hydrogens is 200 g/mol. The van der Waals surface area contributed by atoms with Crippen LogP contribution < -0.4 is 5.32 Å². The second-order valence-corrected chi connectivity index (χ2v) is 6.03. The number of ether oxygens (including phenoxy) is 1. The molecular formula is C13H26N2O. The number of nitrogens with one attached hydrogen (secondary N) is 1. The molecule has 0 unspecified atom stereocenters. The van der Waals surface area contributed by atoms with Gasteiger partial charge >= 0.3 is 0 Å². The molecule has 0 atom stereocenters. The first-order valence-electron chi connectivity index (χ1n) is 6.69. The molecule has 16 heavy (non-hydrogen) atoms. The van der Waals surface area contributed by atoms with Crippen molar-refractivity contribution < 1.29 is 4.74 Å². The summed E-state index contributed by atoms with van der Waals surface area (Å²) in [6.45, 7) is 11.5. The molecule has 2 aliphatic rings. The van der Waals surface area contributed by atoms with Crippen molar-refractivity contribution in [3.05, 3.63) is 0 Å². The van der Waals surface area contributed by atoms with Gasteiger partial charge in [-0.2, -0.15) is 0 Å². The largest absolute Gasteiger partial charge is 0.381 e. The Kier molecular flexibility index (Phi) is 4.22. The Hall–Kier alpha value is -0.120. The minimum Gasteiger partial charge on any atom is -0.381 e. The summed E-state index contributed by atoms with van der Waals surface area (Å²) in [7, 11) is 0. The van der Waals surface area contributed by atoms with Gasteiger partial charge < -0.3 is 15.0 Å². The summed E-state index contributed by atoms with van der Waals surface area (Å²) >= 11 is 0. The fraction of sp³-hybridized carbons (Fsp3) is 1.00. The van der Waals surface area contributed by atoms with Crippen LogP contribution in [0.1, 0.15) is 33.1 Å². The Balaban J connectivity index is 1.58. The summed E-state index contributed by atoms with van der Waals surface area (Å²) in [6.07, 6.45) is 3.72. The fourth-order valence-electron chi connectivity index (χ4n) is 2.74. The van der Waals surface area contributed by atoms with Crippen LogP contribution in [-0.2, 0) is 4.74 Å². The van der Waals surface area contributed by atoms with E-state index < -0.39 is 0 Å². The highest BCUT2D eigenvalue weighted by Crippen LogP contribution is 2.28. The number of hydrogen-bond donors (Lipinski definition) is 1. The third kappa shape index (κ3) is 3.72. The number of nitrogens with zero attached hydrogens (tertiary/aromatic N) is 1. The highest BCUT2D eigenvalue weighted by Gasteiger charge is 2.28. The van der Waals surface area contributed by atoms with Crippen molar-refractivity contribution >= 4 is 0 Å². The minimum atomic E-state index is 0.540. The molecule has 0 saturated carbocycles. The monoisotopic (exact) mass is 226 g/mol. The zero-order valence-electron chi connectivity index (χ0n) is 10.8. The molecule has 0 amide bonds. The second kappa shape index (κ2) is 5.48. The van der Waals surface area contributed by atoms with Crippen LogP contribution in [0.5, 0.6) is 0 Å². The van der Waals surface area contributed by atoms with Gasteiger partial charge in [0.2, 0.25) is 0 Å². The maximum atomic E-state index is 5.36. The van der Waals surface area contributed by atoms with E-state index in [0.717, 1.165) is 19.8 Å². The van der Waals surface area contributed by atoms with Gasteiger partial charge in [-0.15, -0.1) is 0 Å². The fourth-order valence-corrected chi connectivity index (χ4v) is 2.74. The lowest BCUT2D eigenvalue weighted by Crippen LogP contribution is -2.39. The highest BCUT2D eigenvalue weighted by atomic mass is 16.5. The topological polar surface area (TPSA) is 24.5 Å². The maximum absolute atomic E-state index is 5.36. The summed E-state index contributed by atoms with van der Waals surface area (Å²) in [4.78, 5) is 2.59. The van der Waals surface area contributed by atoms with Crippen molar-refractivity contribution in [2.75, 3.05) is 39.4 Å². The lowest BCUT2D eigenvalue weighted by atomic mass is 9.93. The van der Waals surface area contributed by atoms with Crippen molar-refractivity contribution in [2.24, 2.45) is 5.41 Å². The van der Waals surface area contributed by atoms with Gasteiger partial charge in [-0.25, -0.2) is 0 Å². The average molecular weight is 226 g/mol. The molecule has 0 bridgehead atoms. The quantitative estimate of drug-likeness (QED) is 0.786. The van der Waals surface area contributed by atoms with Gasteiger partial charge in [-0.3, -0.25) is 0 Å². The van der Waals surface area contributed by atoms with E-state index in [4.69, 9.17) is 4.74 Å². The van der Waals surface area contributed by atoms with E-state index in [1.807, 2.05) is 0 Å². The van der Waals surface area contributed by atoms with Crippen LogP contribution in [-0.4, -0.2) is 50.3 Å². The third-order valence-electron chi connectivity index (χ3n) is 3.84. The molecule has 0 aromatic rings. The Bertz CT molecular complexity index is 212. The van der Waals surface area contributed by atoms with Crippen molar-refractivity contribution in [1.29, 1.82) is 0 Å². The van der Waals surface area contributed by atoms with Gasteiger partial charge in [-0.05, 0) is 31.2 Å². The molecule has 0 radical (unpaired) electrons. The van der Waals surface area contributed by atoms with Crippen molar-refractivity contribution in [1.82, 2.24) is 10.2 Å². The molecule has 0 aliphatic carbocycles. The van der Waals surface area contributed by atoms with Gasteiger partial charge in [0, 0.05) is 38.9 Å². The third-order valence-corrected chi connectivity index (χ3v) is 3.84. The summed E-state index contributed by atoms with van der Waals surface area (Å²) in [6, 6.07) is 0.698.